The van der Waals surface area contributed by atoms with E-state index in [0.717, 1.165) is 97.6 Å². The number of hydrogen-bond donors (Lipinski definition) is 0. The molecule has 73 heavy (non-hydrogen) atoms. The normalized spacial score (nSPS) is 40.3. The lowest BCUT2D eigenvalue weighted by atomic mass is 9.81. The van der Waals surface area contributed by atoms with Crippen molar-refractivity contribution in [3.05, 3.63) is 36.5 Å². The Morgan fingerprint density at radius 2 is 1.32 bits per heavy atom. The number of carbonyl (C=O) groups is 1. The lowest BCUT2D eigenvalue weighted by Gasteiger charge is -2.47. The molecule has 12 unspecified atom stereocenters. The smallest absolute Gasteiger partial charge is 0.192 e. The van der Waals surface area contributed by atoms with Crippen LogP contribution in [0.15, 0.2) is 36.5 Å². The molecule has 0 aliphatic carbocycles. The van der Waals surface area contributed by atoms with Gasteiger partial charge in [-0.2, -0.15) is 0 Å². The van der Waals surface area contributed by atoms with Gasteiger partial charge in [-0.15, -0.1) is 0 Å². The van der Waals surface area contributed by atoms with E-state index < -0.39 is 30.7 Å². The standard InChI is InChI=1S/C58H100O12Si3/c1-14-71(15-2,16-3)61-37-44(69-72(17-4,18-5)19-6)34-50-52(60-13)45-33-41(59)25-23-24-26-47-54(70-73(20-7,21-8)22-9)57-56-55(65-47)53-51(66-56)36-58(67-53,68-57)30-29-43-32-39(11)46(62-43)28-27-42-31-38(10)40(12)48(63-42)35-49(45)64-50/h23-24,38,42-57H,11-12,14-22,25-37H2,1-10,13H3/b24-23+/t38?,42?,43?,44?,45?,46?,47?,48?,49-,50+,51+,52+,53?,54?,55-,56?,57?,58-/m0/s1. The number of rotatable bonds is 19. The minimum absolute atomic E-state index is 0.0287. The second kappa shape index (κ2) is 25.1. The molecular formula is C58H100O12Si3. The van der Waals surface area contributed by atoms with Crippen LogP contribution in [0.5, 0.6) is 0 Å². The molecule has 8 saturated heterocycles. The van der Waals surface area contributed by atoms with Crippen molar-refractivity contribution in [1.29, 1.82) is 0 Å². The summed E-state index contributed by atoms with van der Waals surface area (Å²) in [5.41, 5.74) is 2.26. The van der Waals surface area contributed by atoms with Crippen molar-refractivity contribution < 1.29 is 56.0 Å². The van der Waals surface area contributed by atoms with Crippen LogP contribution < -0.4 is 0 Å². The molecule has 9 heterocycles. The summed E-state index contributed by atoms with van der Waals surface area (Å²) < 4.78 is 77.8. The number of fused-ring (bicyclic) bond motifs is 6. The highest BCUT2D eigenvalue weighted by Crippen LogP contribution is 2.54. The van der Waals surface area contributed by atoms with Gasteiger partial charge in [0.25, 0.3) is 0 Å². The van der Waals surface area contributed by atoms with Crippen LogP contribution >= 0.6 is 0 Å². The van der Waals surface area contributed by atoms with Gasteiger partial charge in [-0.1, -0.05) is 94.5 Å². The van der Waals surface area contributed by atoms with E-state index >= 15 is 0 Å². The second-order valence-corrected chi connectivity index (χ2v) is 38.0. The van der Waals surface area contributed by atoms with Crippen LogP contribution in [0.1, 0.15) is 146 Å². The molecule has 9 rings (SSSR count). The summed E-state index contributed by atoms with van der Waals surface area (Å²) in [6.07, 6.45) is 9.57. The van der Waals surface area contributed by atoms with Crippen LogP contribution in [-0.4, -0.2) is 142 Å². The van der Waals surface area contributed by atoms with Crippen molar-refractivity contribution in [2.45, 2.75) is 298 Å². The predicted octanol–water partition coefficient (Wildman–Crippen LogP) is 12.3. The van der Waals surface area contributed by atoms with E-state index in [1.54, 1.807) is 7.11 Å². The number of hydrogen-bond acceptors (Lipinski definition) is 12. The summed E-state index contributed by atoms with van der Waals surface area (Å²) in [6.45, 7) is 32.6. The van der Waals surface area contributed by atoms with E-state index in [0.29, 0.717) is 51.6 Å². The van der Waals surface area contributed by atoms with Gasteiger partial charge in [0.2, 0.25) is 0 Å². The number of Topliss-reactive ketones (excluding diaryl/α,β-unsaturated/α-hetero) is 1. The summed E-state index contributed by atoms with van der Waals surface area (Å²) >= 11 is 0. The Morgan fingerprint density at radius 1 is 0.671 bits per heavy atom. The predicted molar refractivity (Wildman–Crippen MR) is 294 cm³/mol. The van der Waals surface area contributed by atoms with Crippen molar-refractivity contribution in [1.82, 2.24) is 0 Å². The van der Waals surface area contributed by atoms with Gasteiger partial charge in [0.15, 0.2) is 30.7 Å². The van der Waals surface area contributed by atoms with Crippen molar-refractivity contribution in [2.24, 2.45) is 11.8 Å². The van der Waals surface area contributed by atoms with Gasteiger partial charge in [-0.3, -0.25) is 4.79 Å². The lowest BCUT2D eigenvalue weighted by molar-refractivity contribution is -0.271. The first-order valence-corrected chi connectivity index (χ1v) is 37.4. The highest BCUT2D eigenvalue weighted by atomic mass is 28.4. The average molecular weight is 1070 g/mol. The molecule has 18 atom stereocenters. The fourth-order valence-corrected chi connectivity index (χ4v) is 23.0. The fourth-order valence-electron chi connectivity index (χ4n) is 14.6. The summed E-state index contributed by atoms with van der Waals surface area (Å²) in [4.78, 5) is 14.5. The highest BCUT2D eigenvalue weighted by Gasteiger charge is 2.68. The molecule has 0 N–H and O–H groups in total. The van der Waals surface area contributed by atoms with E-state index in [9.17, 15) is 4.79 Å². The van der Waals surface area contributed by atoms with Crippen LogP contribution in [0.2, 0.25) is 54.4 Å². The molecule has 0 aromatic heterocycles. The van der Waals surface area contributed by atoms with Gasteiger partial charge in [0, 0.05) is 51.6 Å². The van der Waals surface area contributed by atoms with Crippen molar-refractivity contribution in [3.63, 3.8) is 0 Å². The molecule has 0 radical (unpaired) electrons. The third-order valence-electron chi connectivity index (χ3n) is 20.2. The van der Waals surface area contributed by atoms with Crippen LogP contribution in [0.4, 0.5) is 0 Å². The largest absolute Gasteiger partial charge is 0.414 e. The van der Waals surface area contributed by atoms with Crippen molar-refractivity contribution >= 4 is 30.7 Å². The molecule has 0 amide bonds. The minimum Gasteiger partial charge on any atom is -0.414 e. The monoisotopic (exact) mass is 1070 g/mol. The first-order valence-electron chi connectivity index (χ1n) is 29.8. The van der Waals surface area contributed by atoms with Crippen molar-refractivity contribution in [2.75, 3.05) is 13.7 Å². The van der Waals surface area contributed by atoms with Crippen LogP contribution in [-0.2, 0) is 56.0 Å². The first kappa shape index (κ1) is 58.3. The van der Waals surface area contributed by atoms with Gasteiger partial charge in [0.1, 0.15) is 36.3 Å². The Kier molecular flexibility index (Phi) is 20.0. The van der Waals surface area contributed by atoms with Crippen LogP contribution in [0, 0.1) is 11.8 Å². The number of ether oxygens (including phenoxy) is 8. The van der Waals surface area contributed by atoms with E-state index in [1.165, 1.54) is 0 Å². The molecule has 0 aromatic carbocycles. The molecule has 9 aliphatic heterocycles. The number of allylic oxidation sites excluding steroid dienone is 1. The lowest BCUT2D eigenvalue weighted by Crippen LogP contribution is -2.62. The molecule has 8 fully saturated rings. The minimum atomic E-state index is -2.13. The summed E-state index contributed by atoms with van der Waals surface area (Å²) in [7, 11) is -4.28. The van der Waals surface area contributed by atoms with Crippen LogP contribution in [0.25, 0.3) is 0 Å². The Hall–Kier alpha value is -0.899. The third-order valence-corrected chi connectivity index (χ3v) is 34.2. The molecule has 15 heteroatoms. The molecule has 12 nitrogen and oxygen atoms in total. The van der Waals surface area contributed by atoms with E-state index in [1.807, 2.05) is 6.08 Å². The van der Waals surface area contributed by atoms with Gasteiger partial charge in [-0.05, 0) is 110 Å². The van der Waals surface area contributed by atoms with Crippen LogP contribution in [0.3, 0.4) is 0 Å². The number of ketones is 1. The molecule has 0 aromatic rings. The van der Waals surface area contributed by atoms with Gasteiger partial charge in [0.05, 0.1) is 67.6 Å². The molecular weight excluding hydrogens is 973 g/mol. The molecule has 1 spiro atoms. The van der Waals surface area contributed by atoms with Gasteiger partial charge in [-0.25, -0.2) is 0 Å². The van der Waals surface area contributed by atoms with E-state index in [-0.39, 0.29) is 109 Å². The Bertz CT molecular complexity index is 1850. The number of methoxy groups -OCH3 is 1. The summed E-state index contributed by atoms with van der Waals surface area (Å²) in [5, 5.41) is 0. The van der Waals surface area contributed by atoms with Gasteiger partial charge >= 0.3 is 0 Å². The quantitative estimate of drug-likeness (QED) is 0.0905. The Morgan fingerprint density at radius 3 is 1.99 bits per heavy atom. The summed E-state index contributed by atoms with van der Waals surface area (Å²) in [5.74, 6) is -0.515. The molecule has 0 saturated carbocycles. The number of carbonyl (C=O) groups excluding carboxylic acids is 1. The zero-order chi connectivity index (χ0) is 52.3. The Labute approximate surface area is 444 Å². The summed E-state index contributed by atoms with van der Waals surface area (Å²) in [6, 6.07) is 9.47. The SMILES string of the molecule is C=C1CC2CC[C@@]34C[C@H]5OC6C(O3)C(O[Si](CC)(CC)CC)C(C/C=C/CC(=O)CC3[C@H](CC7OC(CCC1O2)CC(C)C7=C)O[C@H](CC(CO[Si](CC)(CC)CC)O[Si](CC)(CC)CC)[C@@H]3OC)O[C@H]6C5O4. The fraction of sp³-hybridized carbons (Fsp3) is 0.879. The second-order valence-electron chi connectivity index (χ2n) is 23.8. The third kappa shape index (κ3) is 12.5. The van der Waals surface area contributed by atoms with E-state index in [2.05, 4.69) is 88.5 Å². The zero-order valence-corrected chi connectivity index (χ0v) is 50.3. The molecule has 9 aliphatic rings. The van der Waals surface area contributed by atoms with E-state index in [4.69, 9.17) is 51.2 Å². The maximum atomic E-state index is 14.5. The maximum absolute atomic E-state index is 14.5. The highest BCUT2D eigenvalue weighted by molar-refractivity contribution is 6.74. The zero-order valence-electron chi connectivity index (χ0n) is 47.3. The molecule has 11 bridgehead atoms. The topological polar surface area (TPSA) is 119 Å². The molecule has 416 valence electrons. The first-order chi connectivity index (χ1) is 35.1. The average Bonchev–Trinajstić information content (AvgIpc) is 4.08. The maximum Gasteiger partial charge on any atom is 0.192 e. The Balaban J connectivity index is 1.08. The van der Waals surface area contributed by atoms with Gasteiger partial charge < -0.3 is 51.2 Å². The van der Waals surface area contributed by atoms with Crippen molar-refractivity contribution in [3.8, 4) is 0 Å².